The van der Waals surface area contributed by atoms with Crippen molar-refractivity contribution in [3.63, 3.8) is 0 Å². The molecule has 4 nitrogen and oxygen atoms in total. The third-order valence-electron chi connectivity index (χ3n) is 12.2. The number of ether oxygens (including phenoxy) is 1. The van der Waals surface area contributed by atoms with Gasteiger partial charge in [0.2, 0.25) is 0 Å². The van der Waals surface area contributed by atoms with E-state index in [0.717, 1.165) is 77.0 Å². The number of furan rings is 1. The van der Waals surface area contributed by atoms with Crippen molar-refractivity contribution in [3.8, 4) is 56.4 Å². The first-order valence-electron chi connectivity index (χ1n) is 19.6. The fourth-order valence-corrected chi connectivity index (χ4v) is 10.8. The number of benzene rings is 8. The molecule has 1 spiro atoms. The van der Waals surface area contributed by atoms with Gasteiger partial charge < -0.3 is 9.15 Å². The second kappa shape index (κ2) is 11.8. The van der Waals surface area contributed by atoms with Crippen molar-refractivity contribution in [3.05, 3.63) is 204 Å². The summed E-state index contributed by atoms with van der Waals surface area (Å²) in [5.74, 6) is 2.52. The van der Waals surface area contributed by atoms with E-state index in [1.807, 2.05) is 18.2 Å². The Labute approximate surface area is 337 Å². The quantitative estimate of drug-likeness (QED) is 0.180. The number of hydrogen-bond donors (Lipinski definition) is 0. The number of hydrogen-bond acceptors (Lipinski definition) is 5. The summed E-state index contributed by atoms with van der Waals surface area (Å²) >= 11 is 1.74. The molecule has 0 atom stereocenters. The Morgan fingerprint density at radius 3 is 1.95 bits per heavy atom. The van der Waals surface area contributed by atoms with Gasteiger partial charge in [-0.2, -0.15) is 0 Å². The molecule has 1 aliphatic carbocycles. The summed E-state index contributed by atoms with van der Waals surface area (Å²) in [4.78, 5) is 10.3. The first-order chi connectivity index (χ1) is 28.7. The van der Waals surface area contributed by atoms with Crippen LogP contribution in [0.25, 0.3) is 87.1 Å². The summed E-state index contributed by atoms with van der Waals surface area (Å²) in [6.45, 7) is 0. The van der Waals surface area contributed by atoms with Crippen molar-refractivity contribution < 1.29 is 9.15 Å². The molecule has 0 bridgehead atoms. The normalized spacial score (nSPS) is 13.4. The van der Waals surface area contributed by atoms with Crippen molar-refractivity contribution >= 4 is 53.6 Å². The lowest BCUT2D eigenvalue weighted by Crippen LogP contribution is -2.32. The summed E-state index contributed by atoms with van der Waals surface area (Å²) in [5.41, 5.74) is 14.8. The molecule has 270 valence electrons. The number of fused-ring (bicyclic) bond motifs is 15. The van der Waals surface area contributed by atoms with E-state index in [1.165, 1.54) is 38.1 Å². The van der Waals surface area contributed by atoms with Crippen LogP contribution in [0.2, 0.25) is 0 Å². The Hall–Kier alpha value is -7.34. The second-order valence-electron chi connectivity index (χ2n) is 15.2. The van der Waals surface area contributed by atoms with E-state index in [9.17, 15) is 0 Å². The standard InChI is InChI=1S/C53H30N2O2S/c1-2-12-31(13-3-1)52-54-49(51-50(55-52)37-15-5-11-21-48(37)58-51)34-22-25-36-39-29-33(24-27-44(39)56-47(36)30-34)32-23-26-41-38(28-32)35-14-4-6-16-40(35)53(41)42-17-7-9-19-45(42)57-46-20-10-8-18-43(46)53/h1-30H. The number of rotatable bonds is 3. The highest BCUT2D eigenvalue weighted by atomic mass is 32.1. The molecule has 0 N–H and O–H groups in total. The van der Waals surface area contributed by atoms with Crippen molar-refractivity contribution in [1.29, 1.82) is 0 Å². The molecule has 0 amide bonds. The zero-order valence-corrected chi connectivity index (χ0v) is 31.8. The molecule has 0 saturated carbocycles. The van der Waals surface area contributed by atoms with Crippen molar-refractivity contribution in [2.75, 3.05) is 0 Å². The molecule has 11 aromatic rings. The fraction of sp³-hybridized carbons (Fsp3) is 0.0189. The van der Waals surface area contributed by atoms with Gasteiger partial charge in [0.25, 0.3) is 0 Å². The van der Waals surface area contributed by atoms with Gasteiger partial charge in [-0.05, 0) is 81.9 Å². The van der Waals surface area contributed by atoms with Crippen LogP contribution in [0.4, 0.5) is 0 Å². The number of para-hydroxylation sites is 2. The summed E-state index contributed by atoms with van der Waals surface area (Å²) < 4.78 is 15.4. The molecule has 1 aliphatic heterocycles. The Morgan fingerprint density at radius 2 is 1.10 bits per heavy atom. The van der Waals surface area contributed by atoms with Crippen LogP contribution in [0.5, 0.6) is 11.5 Å². The van der Waals surface area contributed by atoms with E-state index in [0.29, 0.717) is 5.82 Å². The van der Waals surface area contributed by atoms with Crippen LogP contribution in [0.3, 0.4) is 0 Å². The van der Waals surface area contributed by atoms with Gasteiger partial charge in [0.1, 0.15) is 22.7 Å². The average Bonchev–Trinajstić information content (AvgIpc) is 3.94. The first-order valence-corrected chi connectivity index (χ1v) is 20.4. The number of nitrogens with zero attached hydrogens (tertiary/aromatic N) is 2. The molecule has 8 aromatic carbocycles. The minimum absolute atomic E-state index is 0.481. The summed E-state index contributed by atoms with van der Waals surface area (Å²) in [6.07, 6.45) is 0. The molecular formula is C53H30N2O2S. The van der Waals surface area contributed by atoms with Crippen LogP contribution in [-0.4, -0.2) is 9.97 Å². The highest BCUT2D eigenvalue weighted by Gasteiger charge is 2.50. The SMILES string of the molecule is c1ccc(-c2nc(-c3ccc4c(c3)oc3ccc(-c5ccc6c(c5)-c5ccccc5C65c6ccccc6Oc6ccccc65)cc34)c3sc4ccccc4c3n2)cc1. The van der Waals surface area contributed by atoms with Gasteiger partial charge in [-0.25, -0.2) is 9.97 Å². The molecule has 5 heteroatoms. The van der Waals surface area contributed by atoms with Gasteiger partial charge in [-0.1, -0.05) is 133 Å². The van der Waals surface area contributed by atoms with Crippen molar-refractivity contribution in [1.82, 2.24) is 9.97 Å². The Kier molecular flexibility index (Phi) is 6.49. The first kappa shape index (κ1) is 31.8. The predicted octanol–water partition coefficient (Wildman–Crippen LogP) is 14.2. The maximum absolute atomic E-state index is 6.60. The summed E-state index contributed by atoms with van der Waals surface area (Å²) in [6, 6.07) is 64.7. The predicted molar refractivity (Wildman–Crippen MR) is 236 cm³/mol. The van der Waals surface area contributed by atoms with Gasteiger partial charge in [-0.3, -0.25) is 0 Å². The smallest absolute Gasteiger partial charge is 0.160 e. The molecule has 13 rings (SSSR count). The summed E-state index contributed by atoms with van der Waals surface area (Å²) in [7, 11) is 0. The van der Waals surface area contributed by atoms with Gasteiger partial charge in [-0.15, -0.1) is 11.3 Å². The second-order valence-corrected chi connectivity index (χ2v) is 16.3. The van der Waals surface area contributed by atoms with Gasteiger partial charge >= 0.3 is 0 Å². The van der Waals surface area contributed by atoms with Crippen LogP contribution < -0.4 is 4.74 Å². The average molecular weight is 759 g/mol. The summed E-state index contributed by atoms with van der Waals surface area (Å²) in [5, 5.41) is 3.31. The molecule has 0 saturated heterocycles. The molecular weight excluding hydrogens is 729 g/mol. The maximum atomic E-state index is 6.60. The molecule has 58 heavy (non-hydrogen) atoms. The molecule has 0 fully saturated rings. The van der Waals surface area contributed by atoms with E-state index in [-0.39, 0.29) is 0 Å². The van der Waals surface area contributed by atoms with Crippen LogP contribution in [0, 0.1) is 0 Å². The lowest BCUT2D eigenvalue weighted by atomic mass is 9.66. The highest BCUT2D eigenvalue weighted by molar-refractivity contribution is 7.26. The van der Waals surface area contributed by atoms with Gasteiger partial charge in [0, 0.05) is 43.1 Å². The topological polar surface area (TPSA) is 48.2 Å². The number of aromatic nitrogens is 2. The van der Waals surface area contributed by atoms with E-state index in [1.54, 1.807) is 11.3 Å². The zero-order chi connectivity index (χ0) is 38.0. The van der Waals surface area contributed by atoms with E-state index < -0.39 is 5.41 Å². The van der Waals surface area contributed by atoms with Gasteiger partial charge in [0.05, 0.1) is 21.3 Å². The van der Waals surface area contributed by atoms with E-state index in [2.05, 4.69) is 164 Å². The molecule has 0 radical (unpaired) electrons. The monoisotopic (exact) mass is 758 g/mol. The minimum atomic E-state index is -0.481. The van der Waals surface area contributed by atoms with Crippen molar-refractivity contribution in [2.24, 2.45) is 0 Å². The van der Waals surface area contributed by atoms with E-state index >= 15 is 0 Å². The lowest BCUT2D eigenvalue weighted by molar-refractivity contribution is 0.436. The Balaban J connectivity index is 0.955. The Bertz CT molecular complexity index is 3460. The lowest BCUT2D eigenvalue weighted by Gasteiger charge is -2.39. The number of thiophene rings is 1. The van der Waals surface area contributed by atoms with E-state index in [4.69, 9.17) is 19.1 Å². The van der Waals surface area contributed by atoms with Crippen molar-refractivity contribution in [2.45, 2.75) is 5.41 Å². The third kappa shape index (κ3) is 4.34. The maximum Gasteiger partial charge on any atom is 0.160 e. The van der Waals surface area contributed by atoms with Crippen LogP contribution in [0.15, 0.2) is 186 Å². The largest absolute Gasteiger partial charge is 0.457 e. The molecule has 0 unspecified atom stereocenters. The highest BCUT2D eigenvalue weighted by Crippen LogP contribution is 2.62. The van der Waals surface area contributed by atoms with Crippen LogP contribution >= 0.6 is 11.3 Å². The zero-order valence-electron chi connectivity index (χ0n) is 30.9. The minimum Gasteiger partial charge on any atom is -0.457 e. The Morgan fingerprint density at radius 1 is 0.431 bits per heavy atom. The van der Waals surface area contributed by atoms with Crippen LogP contribution in [0.1, 0.15) is 22.3 Å². The third-order valence-corrected chi connectivity index (χ3v) is 13.3. The fourth-order valence-electron chi connectivity index (χ4n) is 9.65. The van der Waals surface area contributed by atoms with Crippen LogP contribution in [-0.2, 0) is 5.41 Å². The molecule has 4 heterocycles. The van der Waals surface area contributed by atoms with Gasteiger partial charge in [0.15, 0.2) is 5.82 Å². The molecule has 3 aromatic heterocycles. The molecule has 2 aliphatic rings.